The molecular formula is C21H21BrN4O3. The number of fused-ring (bicyclic) bond motifs is 1. The Hall–Kier alpha value is -3.13. The van der Waals surface area contributed by atoms with E-state index in [0.717, 1.165) is 15.4 Å². The first-order valence-corrected chi connectivity index (χ1v) is 9.94. The molecule has 2 aromatic carbocycles. The van der Waals surface area contributed by atoms with Gasteiger partial charge in [-0.05, 0) is 55.5 Å². The molecule has 0 unspecified atom stereocenters. The van der Waals surface area contributed by atoms with Crippen molar-refractivity contribution in [2.24, 2.45) is 5.73 Å². The molecule has 1 aromatic heterocycles. The number of halogens is 1. The van der Waals surface area contributed by atoms with E-state index in [4.69, 9.17) is 5.73 Å². The lowest BCUT2D eigenvalue weighted by molar-refractivity contribution is -0.116. The number of hydrogen-bond donors (Lipinski definition) is 3. The molecule has 0 fully saturated rings. The van der Waals surface area contributed by atoms with E-state index in [1.165, 1.54) is 0 Å². The minimum Gasteiger partial charge on any atom is -0.366 e. The molecule has 0 saturated heterocycles. The number of nitrogens with two attached hydrogens (primary N) is 1. The molecule has 29 heavy (non-hydrogen) atoms. The Morgan fingerprint density at radius 1 is 1.10 bits per heavy atom. The number of amides is 3. The van der Waals surface area contributed by atoms with Gasteiger partial charge in [-0.1, -0.05) is 15.9 Å². The van der Waals surface area contributed by atoms with E-state index >= 15 is 0 Å². The number of nitrogens with zero attached hydrogens (tertiary/aromatic N) is 1. The Balaban J connectivity index is 1.60. The summed E-state index contributed by atoms with van der Waals surface area (Å²) in [4.78, 5) is 40.9. The monoisotopic (exact) mass is 456 g/mol. The normalized spacial score (nSPS) is 10.7. The number of benzene rings is 2. The SMILES string of the molecule is CCN(CCC(=O)Nc1ccc(C(N)=O)cc1)C(=O)c1cc2cc(Br)ccc2[nH]1. The minimum absolute atomic E-state index is 0.154. The highest BCUT2D eigenvalue weighted by atomic mass is 79.9. The molecule has 1 heterocycles. The highest BCUT2D eigenvalue weighted by Crippen LogP contribution is 2.21. The molecule has 3 rings (SSSR count). The van der Waals surface area contributed by atoms with E-state index in [1.54, 1.807) is 29.2 Å². The molecule has 0 bridgehead atoms. The Kier molecular flexibility index (Phi) is 6.33. The van der Waals surface area contributed by atoms with Gasteiger partial charge in [-0.25, -0.2) is 0 Å². The van der Waals surface area contributed by atoms with Gasteiger partial charge in [0.15, 0.2) is 0 Å². The molecule has 0 radical (unpaired) electrons. The third-order valence-electron chi connectivity index (χ3n) is 4.54. The smallest absolute Gasteiger partial charge is 0.270 e. The first kappa shape index (κ1) is 20.6. The molecule has 8 heteroatoms. The standard InChI is InChI=1S/C21H21BrN4O3/c1-2-26(21(29)18-12-14-11-15(22)5-8-17(14)25-18)10-9-19(27)24-16-6-3-13(4-7-16)20(23)28/h3-8,11-12,25H,2,9-10H2,1H3,(H2,23,28)(H,24,27). The van der Waals surface area contributed by atoms with Crippen LogP contribution in [0, 0.1) is 0 Å². The van der Waals surface area contributed by atoms with Gasteiger partial charge in [-0.2, -0.15) is 0 Å². The zero-order chi connectivity index (χ0) is 21.0. The van der Waals surface area contributed by atoms with Crippen LogP contribution in [0.3, 0.4) is 0 Å². The predicted octanol–water partition coefficient (Wildman–Crippen LogP) is 3.52. The zero-order valence-electron chi connectivity index (χ0n) is 15.9. The molecule has 0 spiro atoms. The van der Waals surface area contributed by atoms with Crippen LogP contribution in [0.15, 0.2) is 53.0 Å². The van der Waals surface area contributed by atoms with Gasteiger partial charge in [0.25, 0.3) is 5.91 Å². The van der Waals surface area contributed by atoms with E-state index in [-0.39, 0.29) is 18.2 Å². The van der Waals surface area contributed by atoms with Gasteiger partial charge >= 0.3 is 0 Å². The predicted molar refractivity (Wildman–Crippen MR) is 116 cm³/mol. The number of anilines is 1. The molecule has 0 aliphatic carbocycles. The number of carbonyl (C=O) groups is 3. The maximum absolute atomic E-state index is 12.8. The molecule has 7 nitrogen and oxygen atoms in total. The number of primary amides is 1. The molecule has 150 valence electrons. The average Bonchev–Trinajstić information content (AvgIpc) is 3.11. The summed E-state index contributed by atoms with van der Waals surface area (Å²) in [6, 6.07) is 13.9. The summed E-state index contributed by atoms with van der Waals surface area (Å²) in [5.41, 5.74) is 7.51. The van der Waals surface area contributed by atoms with Crippen molar-refractivity contribution in [2.45, 2.75) is 13.3 Å². The highest BCUT2D eigenvalue weighted by Gasteiger charge is 2.17. The second-order valence-corrected chi connectivity index (χ2v) is 7.45. The topological polar surface area (TPSA) is 108 Å². The van der Waals surface area contributed by atoms with Crippen LogP contribution in [0.4, 0.5) is 5.69 Å². The number of nitrogens with one attached hydrogen (secondary N) is 2. The van der Waals surface area contributed by atoms with E-state index in [2.05, 4.69) is 26.2 Å². The lowest BCUT2D eigenvalue weighted by Crippen LogP contribution is -2.33. The number of aromatic nitrogens is 1. The van der Waals surface area contributed by atoms with Crippen LogP contribution in [0.25, 0.3) is 10.9 Å². The first-order chi connectivity index (χ1) is 13.9. The number of carbonyl (C=O) groups excluding carboxylic acids is 3. The summed E-state index contributed by atoms with van der Waals surface area (Å²) in [6.07, 6.45) is 0.156. The highest BCUT2D eigenvalue weighted by molar-refractivity contribution is 9.10. The Morgan fingerprint density at radius 3 is 2.48 bits per heavy atom. The zero-order valence-corrected chi connectivity index (χ0v) is 17.5. The molecule has 3 aromatic rings. The lowest BCUT2D eigenvalue weighted by Gasteiger charge is -2.20. The molecule has 3 amide bonds. The second-order valence-electron chi connectivity index (χ2n) is 6.54. The van der Waals surface area contributed by atoms with Crippen LogP contribution in [0.5, 0.6) is 0 Å². The van der Waals surface area contributed by atoms with Crippen LogP contribution in [-0.2, 0) is 4.79 Å². The fourth-order valence-electron chi connectivity index (χ4n) is 2.97. The van der Waals surface area contributed by atoms with Crippen molar-refractivity contribution < 1.29 is 14.4 Å². The van der Waals surface area contributed by atoms with Crippen molar-refractivity contribution in [2.75, 3.05) is 18.4 Å². The average molecular weight is 457 g/mol. The molecule has 0 saturated carbocycles. The summed E-state index contributed by atoms with van der Waals surface area (Å²) in [7, 11) is 0. The third-order valence-corrected chi connectivity index (χ3v) is 5.04. The summed E-state index contributed by atoms with van der Waals surface area (Å²) >= 11 is 3.42. The van der Waals surface area contributed by atoms with Crippen LogP contribution >= 0.6 is 15.9 Å². The summed E-state index contributed by atoms with van der Waals surface area (Å²) < 4.78 is 0.941. The summed E-state index contributed by atoms with van der Waals surface area (Å²) in [6.45, 7) is 2.65. The van der Waals surface area contributed by atoms with Crippen molar-refractivity contribution in [3.05, 3.63) is 64.3 Å². The quantitative estimate of drug-likeness (QED) is 0.505. The maximum atomic E-state index is 12.8. The number of hydrogen-bond acceptors (Lipinski definition) is 3. The van der Waals surface area contributed by atoms with Crippen molar-refractivity contribution in [1.29, 1.82) is 0 Å². The van der Waals surface area contributed by atoms with Gasteiger partial charge in [0.2, 0.25) is 11.8 Å². The van der Waals surface area contributed by atoms with Gasteiger partial charge in [-0.3, -0.25) is 14.4 Å². The van der Waals surface area contributed by atoms with Crippen molar-refractivity contribution >= 4 is 50.2 Å². The largest absolute Gasteiger partial charge is 0.366 e. The minimum atomic E-state index is -0.524. The van der Waals surface area contributed by atoms with Crippen LogP contribution in [-0.4, -0.2) is 40.7 Å². The second kappa shape index (κ2) is 8.91. The third kappa shape index (κ3) is 5.03. The van der Waals surface area contributed by atoms with Crippen molar-refractivity contribution in [1.82, 2.24) is 9.88 Å². The van der Waals surface area contributed by atoms with Gasteiger partial charge in [-0.15, -0.1) is 0 Å². The molecule has 0 aliphatic rings. The number of aromatic amines is 1. The molecule has 4 N–H and O–H groups in total. The Morgan fingerprint density at radius 2 is 1.83 bits per heavy atom. The summed E-state index contributed by atoms with van der Waals surface area (Å²) in [5, 5.41) is 3.69. The van der Waals surface area contributed by atoms with Crippen LogP contribution < -0.4 is 11.1 Å². The van der Waals surface area contributed by atoms with Crippen LogP contribution in [0.2, 0.25) is 0 Å². The van der Waals surface area contributed by atoms with Gasteiger partial charge in [0, 0.05) is 46.1 Å². The molecule has 0 aliphatic heterocycles. The fourth-order valence-corrected chi connectivity index (χ4v) is 3.35. The number of rotatable bonds is 7. The maximum Gasteiger partial charge on any atom is 0.270 e. The Bertz CT molecular complexity index is 1060. The van der Waals surface area contributed by atoms with E-state index in [1.807, 2.05) is 31.2 Å². The van der Waals surface area contributed by atoms with Crippen molar-refractivity contribution in [3.8, 4) is 0 Å². The first-order valence-electron chi connectivity index (χ1n) is 9.14. The van der Waals surface area contributed by atoms with Gasteiger partial charge < -0.3 is 20.9 Å². The van der Waals surface area contributed by atoms with E-state index in [0.29, 0.717) is 30.0 Å². The van der Waals surface area contributed by atoms with Crippen LogP contribution in [0.1, 0.15) is 34.2 Å². The lowest BCUT2D eigenvalue weighted by atomic mass is 10.2. The van der Waals surface area contributed by atoms with E-state index in [9.17, 15) is 14.4 Å². The van der Waals surface area contributed by atoms with Crippen molar-refractivity contribution in [3.63, 3.8) is 0 Å². The Labute approximate surface area is 176 Å². The van der Waals surface area contributed by atoms with Gasteiger partial charge in [0.1, 0.15) is 5.69 Å². The molecular weight excluding hydrogens is 436 g/mol. The molecule has 0 atom stereocenters. The fraction of sp³-hybridized carbons (Fsp3) is 0.190. The number of H-pyrrole nitrogens is 1. The van der Waals surface area contributed by atoms with E-state index < -0.39 is 5.91 Å². The summed E-state index contributed by atoms with van der Waals surface area (Å²) in [5.74, 6) is -0.897. The van der Waals surface area contributed by atoms with Gasteiger partial charge in [0.05, 0.1) is 0 Å².